The molecule has 0 unspecified atom stereocenters. The van der Waals surface area contributed by atoms with Crippen LogP contribution in [0.25, 0.3) is 17.2 Å². The molecule has 1 aliphatic heterocycles. The summed E-state index contributed by atoms with van der Waals surface area (Å²) < 4.78 is 0. The van der Waals surface area contributed by atoms with Crippen LogP contribution < -0.4 is 4.90 Å². The van der Waals surface area contributed by atoms with Crippen molar-refractivity contribution in [3.8, 4) is 11.1 Å². The number of hydrogen-bond acceptors (Lipinski definition) is 2. The molecule has 4 rings (SSSR count). The zero-order valence-electron chi connectivity index (χ0n) is 14.1. The van der Waals surface area contributed by atoms with Crippen molar-refractivity contribution >= 4 is 11.8 Å². The first-order valence-corrected chi connectivity index (χ1v) is 7.88. The fourth-order valence-electron chi connectivity index (χ4n) is 3.55. The van der Waals surface area contributed by atoms with Crippen molar-refractivity contribution in [2.24, 2.45) is 0 Å². The largest absolute Gasteiger partial charge is 0.510 e. The maximum atomic E-state index is 3.90. The van der Waals surface area contributed by atoms with Gasteiger partial charge in [-0.1, -0.05) is 50.3 Å². The van der Waals surface area contributed by atoms with E-state index in [1.807, 2.05) is 24.2 Å². The molecule has 2 aliphatic rings. The first-order chi connectivity index (χ1) is 11.0. The molecule has 0 atom stereocenters. The van der Waals surface area contributed by atoms with Crippen LogP contribution >= 0.6 is 0 Å². The molecule has 24 heavy (non-hydrogen) atoms. The van der Waals surface area contributed by atoms with Gasteiger partial charge in [-0.25, -0.2) is 0 Å². The number of hydrogen-bond donors (Lipinski definition) is 0. The summed E-state index contributed by atoms with van der Waals surface area (Å²) in [7, 11) is 2.03. The van der Waals surface area contributed by atoms with Crippen LogP contribution in [0, 0.1) is 12.7 Å². The van der Waals surface area contributed by atoms with Crippen LogP contribution in [0.2, 0.25) is 0 Å². The number of anilines is 1. The third-order valence-corrected chi connectivity index (χ3v) is 4.90. The molecule has 0 saturated carbocycles. The second-order valence-corrected chi connectivity index (χ2v) is 6.77. The summed E-state index contributed by atoms with van der Waals surface area (Å²) in [6.45, 7) is 10.5. The molecule has 3 heteroatoms. The monoisotopic (exact) mass is 493 g/mol. The van der Waals surface area contributed by atoms with E-state index in [2.05, 4.69) is 74.6 Å². The van der Waals surface area contributed by atoms with Crippen LogP contribution in [0.5, 0.6) is 0 Å². The molecule has 125 valence electrons. The summed E-state index contributed by atoms with van der Waals surface area (Å²) in [6, 6.07) is 14.4. The van der Waals surface area contributed by atoms with Gasteiger partial charge in [-0.2, -0.15) is 18.8 Å². The van der Waals surface area contributed by atoms with Crippen molar-refractivity contribution < 1.29 is 20.1 Å². The molecule has 1 aliphatic carbocycles. The average molecular weight is 493 g/mol. The minimum absolute atomic E-state index is 0. The number of fused-ring (bicyclic) bond motifs is 3. The molecule has 2 aromatic carbocycles. The molecule has 0 amide bonds. The minimum atomic E-state index is -0.0110. The Morgan fingerprint density at radius 1 is 1.12 bits per heavy atom. The SMILES string of the molecule is C=Cc1ccc2c(c1)C(C)(C)c1cc(N3C=CN(C)[CH-]3)[c-]cc1-2.[Ir]. The Kier molecular flexibility index (Phi) is 4.19. The van der Waals surface area contributed by atoms with E-state index in [4.69, 9.17) is 0 Å². The van der Waals surface area contributed by atoms with E-state index in [0.717, 1.165) is 5.69 Å². The molecule has 1 radical (unpaired) electrons. The minimum Gasteiger partial charge on any atom is -0.510 e. The molecule has 0 fully saturated rings. The third kappa shape index (κ3) is 2.44. The van der Waals surface area contributed by atoms with Crippen LogP contribution in [0.3, 0.4) is 0 Å². The zero-order chi connectivity index (χ0) is 16.2. The van der Waals surface area contributed by atoms with Crippen molar-refractivity contribution in [2.45, 2.75) is 19.3 Å². The van der Waals surface area contributed by atoms with Gasteiger partial charge < -0.3 is 9.80 Å². The van der Waals surface area contributed by atoms with Gasteiger partial charge >= 0.3 is 0 Å². The summed E-state index contributed by atoms with van der Waals surface area (Å²) in [5.74, 6) is 0. The number of rotatable bonds is 2. The van der Waals surface area contributed by atoms with Gasteiger partial charge in [-0.05, 0) is 36.0 Å². The van der Waals surface area contributed by atoms with E-state index in [0.29, 0.717) is 0 Å². The van der Waals surface area contributed by atoms with E-state index >= 15 is 0 Å². The van der Waals surface area contributed by atoms with E-state index < -0.39 is 0 Å². The Bertz CT molecular complexity index is 836. The maximum Gasteiger partial charge on any atom is 0 e. The number of benzene rings is 2. The first kappa shape index (κ1) is 17.0. The standard InChI is InChI=1S/C21H20N2.Ir/c1-5-15-6-8-17-18-9-7-16(23-11-10-22(4)14-23)13-20(18)21(2,3)19(17)12-15;/h5-6,8-14H,1H2,2-4H3;/q-2;. The first-order valence-electron chi connectivity index (χ1n) is 7.88. The molecule has 2 nitrogen and oxygen atoms in total. The van der Waals surface area contributed by atoms with Crippen LogP contribution in [0.4, 0.5) is 5.69 Å². The fourth-order valence-corrected chi connectivity index (χ4v) is 3.55. The summed E-state index contributed by atoms with van der Waals surface area (Å²) >= 11 is 0. The van der Waals surface area contributed by atoms with Crippen LogP contribution in [0.1, 0.15) is 30.5 Å². The molecule has 0 spiro atoms. The van der Waals surface area contributed by atoms with Crippen LogP contribution in [0.15, 0.2) is 49.3 Å². The normalized spacial score (nSPS) is 16.6. The molecule has 0 N–H and O–H groups in total. The molecular formula is C21H20IrN2-2. The van der Waals surface area contributed by atoms with Gasteiger partial charge in [-0.15, -0.1) is 22.9 Å². The molecule has 2 aromatic rings. The van der Waals surface area contributed by atoms with Crippen molar-refractivity contribution in [1.82, 2.24) is 4.90 Å². The number of nitrogens with zero attached hydrogens (tertiary/aromatic N) is 2. The van der Waals surface area contributed by atoms with E-state index in [9.17, 15) is 0 Å². The summed E-state index contributed by atoms with van der Waals surface area (Å²) in [4.78, 5) is 4.14. The van der Waals surface area contributed by atoms with Gasteiger partial charge in [-0.3, -0.25) is 0 Å². The van der Waals surface area contributed by atoms with E-state index in [1.165, 1.54) is 27.8 Å². The summed E-state index contributed by atoms with van der Waals surface area (Å²) in [5.41, 5.74) is 7.58. The third-order valence-electron chi connectivity index (χ3n) is 4.90. The Labute approximate surface area is 157 Å². The zero-order valence-corrected chi connectivity index (χ0v) is 16.5. The van der Waals surface area contributed by atoms with Crippen molar-refractivity contribution in [1.29, 1.82) is 0 Å². The molecule has 0 bridgehead atoms. The Morgan fingerprint density at radius 3 is 2.54 bits per heavy atom. The van der Waals surface area contributed by atoms with Gasteiger partial charge in [0, 0.05) is 20.1 Å². The Morgan fingerprint density at radius 2 is 1.88 bits per heavy atom. The van der Waals surface area contributed by atoms with Crippen molar-refractivity contribution in [2.75, 3.05) is 11.9 Å². The summed E-state index contributed by atoms with van der Waals surface area (Å²) in [6.07, 6.45) is 6.01. The fraction of sp³-hybridized carbons (Fsp3) is 0.190. The average Bonchev–Trinajstić information content (AvgIpc) is 3.08. The Balaban J connectivity index is 0.00000169. The predicted molar refractivity (Wildman–Crippen MR) is 96.6 cm³/mol. The summed E-state index contributed by atoms with van der Waals surface area (Å²) in [5, 5.41) is 0. The van der Waals surface area contributed by atoms with Gasteiger partial charge in [0.15, 0.2) is 0 Å². The second kappa shape index (κ2) is 5.91. The molecule has 1 heterocycles. The quantitative estimate of drug-likeness (QED) is 0.557. The Hall–Kier alpha value is -1.83. The topological polar surface area (TPSA) is 6.48 Å². The van der Waals surface area contributed by atoms with Gasteiger partial charge in [0.05, 0.1) is 0 Å². The second-order valence-electron chi connectivity index (χ2n) is 6.77. The maximum absolute atomic E-state index is 3.90. The van der Waals surface area contributed by atoms with Gasteiger partial charge in [0.25, 0.3) is 0 Å². The van der Waals surface area contributed by atoms with E-state index in [1.54, 1.807) is 0 Å². The van der Waals surface area contributed by atoms with Crippen LogP contribution in [-0.4, -0.2) is 11.9 Å². The van der Waals surface area contributed by atoms with Crippen molar-refractivity contribution in [3.63, 3.8) is 0 Å². The molecule has 0 saturated heterocycles. The van der Waals surface area contributed by atoms with Crippen LogP contribution in [-0.2, 0) is 25.5 Å². The van der Waals surface area contributed by atoms with Gasteiger partial charge in [0.2, 0.25) is 0 Å². The van der Waals surface area contributed by atoms with E-state index in [-0.39, 0.29) is 25.5 Å². The molecular weight excluding hydrogens is 472 g/mol. The molecule has 0 aromatic heterocycles. The predicted octanol–water partition coefficient (Wildman–Crippen LogP) is 4.78. The smallest absolute Gasteiger partial charge is 0 e. The van der Waals surface area contributed by atoms with Gasteiger partial charge in [0.1, 0.15) is 0 Å². The van der Waals surface area contributed by atoms with Crippen molar-refractivity contribution in [3.05, 3.63) is 78.7 Å².